The number of H-pyrrole nitrogens is 1. The maximum absolute atomic E-state index is 12.7. The quantitative estimate of drug-likeness (QED) is 0.703. The summed E-state index contributed by atoms with van der Waals surface area (Å²) in [4.78, 5) is 37.1. The van der Waals surface area contributed by atoms with Crippen LogP contribution in [0.25, 0.3) is 10.2 Å². The van der Waals surface area contributed by atoms with Gasteiger partial charge in [-0.3, -0.25) is 9.59 Å². The molecule has 2 aliphatic rings. The molecule has 0 unspecified atom stereocenters. The van der Waals surface area contributed by atoms with Crippen molar-refractivity contribution in [1.29, 1.82) is 0 Å². The summed E-state index contributed by atoms with van der Waals surface area (Å²) in [7, 11) is 0. The first-order valence-electron chi connectivity index (χ1n) is 10.4. The molecule has 0 aliphatic heterocycles. The Balaban J connectivity index is 1.41. The Hall–Kier alpha value is -1.34. The molecule has 152 valence electrons. The maximum Gasteiger partial charge on any atom is 0.259 e. The molecule has 2 aromatic rings. The molecule has 0 saturated heterocycles. The van der Waals surface area contributed by atoms with E-state index < -0.39 is 0 Å². The van der Waals surface area contributed by atoms with Crippen LogP contribution >= 0.6 is 23.1 Å². The Labute approximate surface area is 174 Å². The molecule has 0 bridgehead atoms. The van der Waals surface area contributed by atoms with Gasteiger partial charge in [-0.05, 0) is 55.9 Å². The number of amides is 1. The van der Waals surface area contributed by atoms with Gasteiger partial charge in [-0.1, -0.05) is 13.8 Å². The molecule has 2 aromatic heterocycles. The van der Waals surface area contributed by atoms with E-state index >= 15 is 0 Å². The number of thiophene rings is 1. The van der Waals surface area contributed by atoms with Crippen molar-refractivity contribution in [2.75, 3.05) is 18.8 Å². The monoisotopic (exact) mass is 419 g/mol. The Morgan fingerprint density at radius 3 is 2.93 bits per heavy atom. The fourth-order valence-corrected chi connectivity index (χ4v) is 6.18. The van der Waals surface area contributed by atoms with Gasteiger partial charge in [-0.15, -0.1) is 23.1 Å². The molecular weight excluding hydrogens is 390 g/mol. The van der Waals surface area contributed by atoms with Gasteiger partial charge in [-0.25, -0.2) is 4.98 Å². The van der Waals surface area contributed by atoms with E-state index in [1.165, 1.54) is 23.3 Å². The Kier molecular flexibility index (Phi) is 6.11. The highest BCUT2D eigenvalue weighted by Gasteiger charge is 2.26. The highest BCUT2D eigenvalue weighted by molar-refractivity contribution is 7.99. The number of aromatic nitrogens is 2. The first-order valence-corrected chi connectivity index (χ1v) is 12.4. The number of carbonyl (C=O) groups excluding carboxylic acids is 1. The molecule has 2 aliphatic carbocycles. The highest BCUT2D eigenvalue weighted by atomic mass is 32.2. The molecule has 2 heterocycles. The van der Waals surface area contributed by atoms with E-state index in [0.717, 1.165) is 49.0 Å². The van der Waals surface area contributed by atoms with Gasteiger partial charge in [0.2, 0.25) is 5.91 Å². The molecule has 7 heteroatoms. The number of nitrogens with zero attached hydrogens (tertiary/aromatic N) is 2. The van der Waals surface area contributed by atoms with Gasteiger partial charge in [0.25, 0.3) is 5.56 Å². The van der Waals surface area contributed by atoms with Gasteiger partial charge in [0.1, 0.15) is 10.7 Å². The summed E-state index contributed by atoms with van der Waals surface area (Å²) in [5.74, 6) is 3.32. The van der Waals surface area contributed by atoms with Crippen LogP contribution in [0.15, 0.2) is 4.79 Å². The average molecular weight is 420 g/mol. The zero-order valence-electron chi connectivity index (χ0n) is 16.8. The standard InChI is InChI=1S/C21H29N3O2S2/c1-3-8-24(10-14-5-6-14)18(25)12-27-11-17-22-20(26)19-15-7-4-13(2)9-16(15)28-21(19)23-17/h13-14H,3-12H2,1-2H3,(H,22,23,26)/t13-/m1/s1. The molecule has 1 fully saturated rings. The van der Waals surface area contributed by atoms with Crippen molar-refractivity contribution in [2.45, 2.75) is 58.1 Å². The number of carbonyl (C=O) groups is 1. The first kappa shape index (κ1) is 20.0. The summed E-state index contributed by atoms with van der Waals surface area (Å²) < 4.78 is 0. The number of aromatic amines is 1. The minimum absolute atomic E-state index is 0.0136. The summed E-state index contributed by atoms with van der Waals surface area (Å²) in [5.41, 5.74) is 1.21. The minimum atomic E-state index is -0.0136. The maximum atomic E-state index is 12.7. The lowest BCUT2D eigenvalue weighted by molar-refractivity contribution is -0.128. The van der Waals surface area contributed by atoms with Crippen molar-refractivity contribution in [2.24, 2.45) is 11.8 Å². The fraction of sp³-hybridized carbons (Fsp3) is 0.667. The van der Waals surface area contributed by atoms with Crippen LogP contribution in [-0.2, 0) is 23.4 Å². The van der Waals surface area contributed by atoms with Gasteiger partial charge < -0.3 is 9.88 Å². The van der Waals surface area contributed by atoms with Crippen molar-refractivity contribution < 1.29 is 4.79 Å². The highest BCUT2D eigenvalue weighted by Crippen LogP contribution is 2.35. The van der Waals surface area contributed by atoms with Crippen molar-refractivity contribution in [3.63, 3.8) is 0 Å². The second-order valence-corrected chi connectivity index (χ2v) is 10.4. The number of nitrogens with one attached hydrogen (secondary N) is 1. The molecule has 4 rings (SSSR count). The van der Waals surface area contributed by atoms with Crippen molar-refractivity contribution in [3.8, 4) is 0 Å². The number of fused-ring (bicyclic) bond motifs is 3. The second-order valence-electron chi connectivity index (χ2n) is 8.32. The average Bonchev–Trinajstić information content (AvgIpc) is 3.39. The zero-order chi connectivity index (χ0) is 19.7. The number of hydrogen-bond acceptors (Lipinski definition) is 5. The number of thioether (sulfide) groups is 1. The van der Waals surface area contributed by atoms with E-state index in [1.807, 2.05) is 4.90 Å². The van der Waals surface area contributed by atoms with E-state index in [2.05, 4.69) is 18.8 Å². The van der Waals surface area contributed by atoms with Gasteiger partial charge in [0.05, 0.1) is 16.9 Å². The third-order valence-corrected chi connectivity index (χ3v) is 7.78. The van der Waals surface area contributed by atoms with Crippen molar-refractivity contribution >= 4 is 39.2 Å². The lowest BCUT2D eigenvalue weighted by Gasteiger charge is -2.21. The van der Waals surface area contributed by atoms with Crippen LogP contribution in [0.3, 0.4) is 0 Å². The van der Waals surface area contributed by atoms with E-state index in [0.29, 0.717) is 29.2 Å². The summed E-state index contributed by atoms with van der Waals surface area (Å²) in [6.45, 7) is 6.14. The number of rotatable bonds is 8. The molecule has 5 nitrogen and oxygen atoms in total. The van der Waals surface area contributed by atoms with E-state index in [-0.39, 0.29) is 11.5 Å². The van der Waals surface area contributed by atoms with E-state index in [4.69, 9.17) is 4.98 Å². The van der Waals surface area contributed by atoms with E-state index in [9.17, 15) is 9.59 Å². The predicted molar refractivity (Wildman–Crippen MR) is 117 cm³/mol. The first-order chi connectivity index (χ1) is 13.5. The van der Waals surface area contributed by atoms with Crippen LogP contribution in [0, 0.1) is 11.8 Å². The SMILES string of the molecule is CCCN(CC1CC1)C(=O)CSCc1nc2sc3c(c2c(=O)[nH]1)CC[C@@H](C)C3. The lowest BCUT2D eigenvalue weighted by atomic mass is 9.89. The molecule has 1 saturated carbocycles. The van der Waals surface area contributed by atoms with Crippen molar-refractivity contribution in [1.82, 2.24) is 14.9 Å². The predicted octanol–water partition coefficient (Wildman–Crippen LogP) is 3.99. The molecule has 28 heavy (non-hydrogen) atoms. The van der Waals surface area contributed by atoms with Crippen LogP contribution in [0.5, 0.6) is 0 Å². The Bertz CT molecular complexity index is 916. The van der Waals surface area contributed by atoms with Gasteiger partial charge in [0, 0.05) is 18.0 Å². The van der Waals surface area contributed by atoms with Crippen LogP contribution in [0.2, 0.25) is 0 Å². The second kappa shape index (κ2) is 8.57. The van der Waals surface area contributed by atoms with Crippen LogP contribution in [0.1, 0.15) is 55.8 Å². The van der Waals surface area contributed by atoms with Crippen LogP contribution in [0.4, 0.5) is 0 Å². The van der Waals surface area contributed by atoms with Gasteiger partial charge in [-0.2, -0.15) is 0 Å². The molecule has 1 N–H and O–H groups in total. The summed E-state index contributed by atoms with van der Waals surface area (Å²) in [5, 5.41) is 0.801. The summed E-state index contributed by atoms with van der Waals surface area (Å²) >= 11 is 3.23. The molecule has 0 spiro atoms. The molecule has 0 radical (unpaired) electrons. The summed E-state index contributed by atoms with van der Waals surface area (Å²) in [6.07, 6.45) is 6.70. The number of aryl methyl sites for hydroxylation is 1. The Morgan fingerprint density at radius 1 is 1.36 bits per heavy atom. The molecular formula is C21H29N3O2S2. The normalized spacial score (nSPS) is 19.0. The lowest BCUT2D eigenvalue weighted by Crippen LogP contribution is -2.35. The minimum Gasteiger partial charge on any atom is -0.342 e. The molecule has 0 aromatic carbocycles. The zero-order valence-corrected chi connectivity index (χ0v) is 18.4. The fourth-order valence-electron chi connectivity index (χ4n) is 3.99. The van der Waals surface area contributed by atoms with E-state index in [1.54, 1.807) is 23.1 Å². The molecule has 1 amide bonds. The summed E-state index contributed by atoms with van der Waals surface area (Å²) in [6, 6.07) is 0. The topological polar surface area (TPSA) is 66.1 Å². The smallest absolute Gasteiger partial charge is 0.259 e. The van der Waals surface area contributed by atoms with Crippen molar-refractivity contribution in [3.05, 3.63) is 26.6 Å². The van der Waals surface area contributed by atoms with Crippen LogP contribution < -0.4 is 5.56 Å². The largest absolute Gasteiger partial charge is 0.342 e. The van der Waals surface area contributed by atoms with Gasteiger partial charge in [0.15, 0.2) is 0 Å². The third-order valence-electron chi connectivity index (χ3n) is 5.70. The third kappa shape index (κ3) is 4.46. The van der Waals surface area contributed by atoms with Gasteiger partial charge >= 0.3 is 0 Å². The number of hydrogen-bond donors (Lipinski definition) is 1. The Morgan fingerprint density at radius 2 is 2.18 bits per heavy atom. The molecule has 1 atom stereocenters. The van der Waals surface area contributed by atoms with Crippen LogP contribution in [-0.4, -0.2) is 39.6 Å².